The van der Waals surface area contributed by atoms with Gasteiger partial charge in [0.15, 0.2) is 5.82 Å². The Hall–Kier alpha value is -3.38. The van der Waals surface area contributed by atoms with E-state index >= 15 is 0 Å². The van der Waals surface area contributed by atoms with Crippen molar-refractivity contribution in [3.63, 3.8) is 0 Å². The minimum Gasteiger partial charge on any atom is -0.322 e. The fourth-order valence-electron chi connectivity index (χ4n) is 2.79. The molecule has 4 rings (SSSR count). The third-order valence-corrected chi connectivity index (χ3v) is 4.21. The largest absolute Gasteiger partial charge is 0.322 e. The molecule has 1 amide bonds. The number of aromatic nitrogens is 3. The van der Waals surface area contributed by atoms with E-state index in [1.54, 1.807) is 53.4 Å². The number of amides is 1. The van der Waals surface area contributed by atoms with Crippen molar-refractivity contribution in [2.45, 2.75) is 0 Å². The highest BCUT2D eigenvalue weighted by atomic mass is 35.5. The standard InChI is InChI=1S/C20H14ClFN4O/c21-14-5-3-7-16(11-14)24-19(27)18-13-23-26(17-8-4-6-15(22)12-17)20(18)25-9-1-2-10-25/h1-13H,(H,24,27). The molecule has 2 aromatic carbocycles. The summed E-state index contributed by atoms with van der Waals surface area (Å²) in [7, 11) is 0. The predicted octanol–water partition coefficient (Wildman–Crippen LogP) is 4.71. The quantitative estimate of drug-likeness (QED) is 0.557. The lowest BCUT2D eigenvalue weighted by Gasteiger charge is -2.11. The molecule has 0 aliphatic rings. The number of nitrogens with zero attached hydrogens (tertiary/aromatic N) is 3. The van der Waals surface area contributed by atoms with Gasteiger partial charge in [0.25, 0.3) is 5.91 Å². The molecule has 2 heterocycles. The Labute approximate surface area is 159 Å². The van der Waals surface area contributed by atoms with Crippen LogP contribution in [0, 0.1) is 5.82 Å². The summed E-state index contributed by atoms with van der Waals surface area (Å²) in [6.07, 6.45) is 5.05. The monoisotopic (exact) mass is 380 g/mol. The number of halogens is 2. The smallest absolute Gasteiger partial charge is 0.261 e. The number of hydrogen-bond donors (Lipinski definition) is 1. The SMILES string of the molecule is O=C(Nc1cccc(Cl)c1)c1cnn(-c2cccc(F)c2)c1-n1cccc1. The molecule has 0 unspecified atom stereocenters. The van der Waals surface area contributed by atoms with Crippen LogP contribution >= 0.6 is 11.6 Å². The Morgan fingerprint density at radius 2 is 1.81 bits per heavy atom. The van der Waals surface area contributed by atoms with Crippen LogP contribution in [0.4, 0.5) is 10.1 Å². The van der Waals surface area contributed by atoms with Gasteiger partial charge in [0.1, 0.15) is 11.4 Å². The highest BCUT2D eigenvalue weighted by molar-refractivity contribution is 6.31. The van der Waals surface area contributed by atoms with Crippen molar-refractivity contribution in [1.29, 1.82) is 0 Å². The molecule has 5 nitrogen and oxygen atoms in total. The molecule has 0 aliphatic heterocycles. The maximum atomic E-state index is 13.7. The molecule has 0 radical (unpaired) electrons. The van der Waals surface area contributed by atoms with Gasteiger partial charge < -0.3 is 9.88 Å². The summed E-state index contributed by atoms with van der Waals surface area (Å²) in [6, 6.07) is 16.6. The van der Waals surface area contributed by atoms with Gasteiger partial charge in [-0.1, -0.05) is 23.7 Å². The summed E-state index contributed by atoms with van der Waals surface area (Å²) in [5.41, 5.74) is 1.43. The van der Waals surface area contributed by atoms with Crippen LogP contribution in [0.15, 0.2) is 79.3 Å². The van der Waals surface area contributed by atoms with Gasteiger partial charge in [0.2, 0.25) is 0 Å². The van der Waals surface area contributed by atoms with Crippen molar-refractivity contribution < 1.29 is 9.18 Å². The molecule has 0 bridgehead atoms. The summed E-state index contributed by atoms with van der Waals surface area (Å²) in [4.78, 5) is 12.9. The van der Waals surface area contributed by atoms with Gasteiger partial charge in [-0.2, -0.15) is 5.10 Å². The molecule has 27 heavy (non-hydrogen) atoms. The Balaban J connectivity index is 1.78. The van der Waals surface area contributed by atoms with Crippen LogP contribution in [0.2, 0.25) is 5.02 Å². The second-order valence-electron chi connectivity index (χ2n) is 5.83. The topological polar surface area (TPSA) is 51.9 Å². The van der Waals surface area contributed by atoms with Crippen molar-refractivity contribution in [1.82, 2.24) is 14.3 Å². The Kier molecular flexibility index (Phi) is 4.48. The van der Waals surface area contributed by atoms with Crippen molar-refractivity contribution in [3.05, 3.63) is 95.7 Å². The third kappa shape index (κ3) is 3.47. The van der Waals surface area contributed by atoms with E-state index in [1.807, 2.05) is 12.1 Å². The first-order valence-electron chi connectivity index (χ1n) is 8.16. The number of carbonyl (C=O) groups is 1. The van der Waals surface area contributed by atoms with E-state index in [2.05, 4.69) is 10.4 Å². The lowest BCUT2D eigenvalue weighted by atomic mass is 10.2. The van der Waals surface area contributed by atoms with E-state index in [9.17, 15) is 9.18 Å². The first-order chi connectivity index (χ1) is 13.1. The summed E-state index contributed by atoms with van der Waals surface area (Å²) in [5.74, 6) is -0.222. The zero-order valence-electron chi connectivity index (χ0n) is 14.0. The molecule has 0 saturated carbocycles. The van der Waals surface area contributed by atoms with E-state index in [4.69, 9.17) is 11.6 Å². The molecule has 0 spiro atoms. The molecule has 7 heteroatoms. The number of nitrogens with one attached hydrogen (secondary N) is 1. The Bertz CT molecular complexity index is 1100. The van der Waals surface area contributed by atoms with Crippen LogP contribution in [0.1, 0.15) is 10.4 Å². The van der Waals surface area contributed by atoms with Gasteiger partial charge in [0.05, 0.1) is 11.9 Å². The van der Waals surface area contributed by atoms with Crippen LogP contribution in [-0.4, -0.2) is 20.3 Å². The van der Waals surface area contributed by atoms with Crippen LogP contribution in [0.25, 0.3) is 11.5 Å². The number of hydrogen-bond acceptors (Lipinski definition) is 2. The second-order valence-corrected chi connectivity index (χ2v) is 6.26. The van der Waals surface area contributed by atoms with E-state index in [0.29, 0.717) is 27.8 Å². The van der Waals surface area contributed by atoms with Gasteiger partial charge in [-0.25, -0.2) is 9.07 Å². The zero-order valence-corrected chi connectivity index (χ0v) is 14.8. The molecule has 0 aliphatic carbocycles. The molecular formula is C20H14ClFN4O. The summed E-state index contributed by atoms with van der Waals surface area (Å²) < 4.78 is 17.0. The van der Waals surface area contributed by atoms with Crippen LogP contribution < -0.4 is 5.32 Å². The Morgan fingerprint density at radius 1 is 1.04 bits per heavy atom. The highest BCUT2D eigenvalue weighted by Crippen LogP contribution is 2.22. The van der Waals surface area contributed by atoms with Crippen molar-refractivity contribution in [3.8, 4) is 11.5 Å². The number of carbonyl (C=O) groups excluding carboxylic acids is 1. The first kappa shape index (κ1) is 17.1. The predicted molar refractivity (Wildman–Crippen MR) is 102 cm³/mol. The van der Waals surface area contributed by atoms with Gasteiger partial charge in [0, 0.05) is 23.1 Å². The van der Waals surface area contributed by atoms with Gasteiger partial charge >= 0.3 is 0 Å². The fourth-order valence-corrected chi connectivity index (χ4v) is 2.98. The van der Waals surface area contributed by atoms with Gasteiger partial charge in [-0.3, -0.25) is 4.79 Å². The number of rotatable bonds is 4. The minimum atomic E-state index is -0.383. The maximum Gasteiger partial charge on any atom is 0.261 e. The molecule has 1 N–H and O–H groups in total. The summed E-state index contributed by atoms with van der Waals surface area (Å²) in [5, 5.41) is 7.64. The van der Waals surface area contributed by atoms with E-state index in [1.165, 1.54) is 23.0 Å². The molecule has 134 valence electrons. The lowest BCUT2D eigenvalue weighted by molar-refractivity contribution is 0.102. The second kappa shape index (κ2) is 7.09. The van der Waals surface area contributed by atoms with E-state index < -0.39 is 0 Å². The summed E-state index contributed by atoms with van der Waals surface area (Å²) in [6.45, 7) is 0. The molecule has 4 aromatic rings. The fraction of sp³-hybridized carbons (Fsp3) is 0. The molecule has 2 aromatic heterocycles. The number of benzene rings is 2. The van der Waals surface area contributed by atoms with Crippen LogP contribution in [0.3, 0.4) is 0 Å². The lowest BCUT2D eigenvalue weighted by Crippen LogP contribution is -2.15. The molecule has 0 fully saturated rings. The summed E-state index contributed by atoms with van der Waals surface area (Å²) >= 11 is 5.98. The third-order valence-electron chi connectivity index (χ3n) is 3.97. The van der Waals surface area contributed by atoms with Gasteiger partial charge in [-0.05, 0) is 48.5 Å². The Morgan fingerprint density at radius 3 is 2.56 bits per heavy atom. The number of anilines is 1. The van der Waals surface area contributed by atoms with Crippen molar-refractivity contribution >= 4 is 23.2 Å². The van der Waals surface area contributed by atoms with Gasteiger partial charge in [-0.15, -0.1) is 0 Å². The van der Waals surface area contributed by atoms with Crippen LogP contribution in [0.5, 0.6) is 0 Å². The van der Waals surface area contributed by atoms with E-state index in [-0.39, 0.29) is 11.7 Å². The minimum absolute atomic E-state index is 0.343. The highest BCUT2D eigenvalue weighted by Gasteiger charge is 2.20. The average molecular weight is 381 g/mol. The molecule has 0 saturated heterocycles. The normalized spacial score (nSPS) is 10.7. The zero-order chi connectivity index (χ0) is 18.8. The van der Waals surface area contributed by atoms with Crippen LogP contribution in [-0.2, 0) is 0 Å². The average Bonchev–Trinajstić information content (AvgIpc) is 3.31. The first-order valence-corrected chi connectivity index (χ1v) is 8.54. The maximum absolute atomic E-state index is 13.7. The molecular weight excluding hydrogens is 367 g/mol. The van der Waals surface area contributed by atoms with E-state index in [0.717, 1.165) is 0 Å². The molecule has 0 atom stereocenters. The van der Waals surface area contributed by atoms with Crippen molar-refractivity contribution in [2.24, 2.45) is 0 Å². The van der Waals surface area contributed by atoms with Crippen molar-refractivity contribution in [2.75, 3.05) is 5.32 Å².